The third kappa shape index (κ3) is 3.09. The molecule has 0 aromatic heterocycles. The average molecular weight is 335 g/mol. The molecule has 23 heavy (non-hydrogen) atoms. The molecule has 1 aliphatic heterocycles. The minimum atomic E-state index is -3.61. The monoisotopic (exact) mass is 335 g/mol. The smallest absolute Gasteiger partial charge is 0.239 e. The second-order valence-electron chi connectivity index (χ2n) is 6.00. The predicted molar refractivity (Wildman–Crippen MR) is 87.0 cm³/mol. The van der Waals surface area contributed by atoms with E-state index in [4.69, 9.17) is 0 Å². The van der Waals surface area contributed by atoms with Crippen LogP contribution in [0.5, 0.6) is 0 Å². The van der Waals surface area contributed by atoms with Gasteiger partial charge >= 0.3 is 0 Å². The molecule has 1 atom stereocenters. The van der Waals surface area contributed by atoms with Gasteiger partial charge in [-0.25, -0.2) is 12.8 Å². The maximum Gasteiger partial charge on any atom is 0.239 e. The molecule has 0 amide bonds. The van der Waals surface area contributed by atoms with Crippen molar-refractivity contribution in [3.05, 3.63) is 65.5 Å². The largest absolute Gasteiger partial charge is 0.385 e. The van der Waals surface area contributed by atoms with Gasteiger partial charge in [-0.2, -0.15) is 0 Å². The molecule has 2 aromatic rings. The Balaban J connectivity index is 1.96. The lowest BCUT2D eigenvalue weighted by atomic mass is 9.88. The number of fused-ring (bicyclic) bond motifs is 1. The summed E-state index contributed by atoms with van der Waals surface area (Å²) in [6, 6.07) is 12.4. The lowest BCUT2D eigenvalue weighted by molar-refractivity contribution is 0.0472. The average Bonchev–Trinajstić information content (AvgIpc) is 2.49. The highest BCUT2D eigenvalue weighted by Crippen LogP contribution is 2.39. The van der Waals surface area contributed by atoms with E-state index in [2.05, 4.69) is 0 Å². The Labute approximate surface area is 135 Å². The highest BCUT2D eigenvalue weighted by Gasteiger charge is 2.37. The van der Waals surface area contributed by atoms with E-state index >= 15 is 0 Å². The Morgan fingerprint density at radius 2 is 1.83 bits per heavy atom. The number of benzene rings is 2. The van der Waals surface area contributed by atoms with Gasteiger partial charge in [0, 0.05) is 12.1 Å². The fraction of sp³-hybridized carbons (Fsp3) is 0.294. The van der Waals surface area contributed by atoms with Crippen LogP contribution in [-0.2, 0) is 21.4 Å². The SMILES string of the molecule is CC1(O)CCN(S(=O)(=O)Cc2ccc(F)cc2)c2ccccc21. The number of anilines is 1. The third-order valence-corrected chi connectivity index (χ3v) is 5.90. The molecule has 1 N–H and O–H groups in total. The van der Waals surface area contributed by atoms with Crippen LogP contribution in [0.1, 0.15) is 24.5 Å². The first kappa shape index (κ1) is 16.0. The molecule has 1 aliphatic rings. The molecule has 0 saturated carbocycles. The van der Waals surface area contributed by atoms with Crippen molar-refractivity contribution in [2.75, 3.05) is 10.8 Å². The lowest BCUT2D eigenvalue weighted by Crippen LogP contribution is -2.42. The van der Waals surface area contributed by atoms with Gasteiger partial charge in [-0.1, -0.05) is 30.3 Å². The number of hydrogen-bond acceptors (Lipinski definition) is 3. The number of halogens is 1. The topological polar surface area (TPSA) is 57.6 Å². The second kappa shape index (κ2) is 5.62. The van der Waals surface area contributed by atoms with E-state index in [1.54, 1.807) is 31.2 Å². The van der Waals surface area contributed by atoms with Crippen molar-refractivity contribution in [1.82, 2.24) is 0 Å². The Hall–Kier alpha value is -1.92. The van der Waals surface area contributed by atoms with Crippen LogP contribution in [0.4, 0.5) is 10.1 Å². The van der Waals surface area contributed by atoms with Crippen molar-refractivity contribution in [3.63, 3.8) is 0 Å². The van der Waals surface area contributed by atoms with Crippen LogP contribution in [-0.4, -0.2) is 20.1 Å². The third-order valence-electron chi connectivity index (χ3n) is 4.15. The summed E-state index contributed by atoms with van der Waals surface area (Å²) in [7, 11) is -3.61. The molecular formula is C17H18FNO3S. The standard InChI is InChI=1S/C17H18FNO3S/c1-17(20)10-11-19(16-5-3-2-4-15(16)17)23(21,22)12-13-6-8-14(18)9-7-13/h2-9,20H,10-12H2,1H3. The maximum absolute atomic E-state index is 13.0. The van der Waals surface area contributed by atoms with Gasteiger partial charge in [-0.05, 0) is 37.1 Å². The van der Waals surface area contributed by atoms with Crippen molar-refractivity contribution in [3.8, 4) is 0 Å². The predicted octanol–water partition coefficient (Wildman–Crippen LogP) is 2.77. The quantitative estimate of drug-likeness (QED) is 0.938. The van der Waals surface area contributed by atoms with Crippen molar-refractivity contribution >= 4 is 15.7 Å². The van der Waals surface area contributed by atoms with Gasteiger partial charge in [-0.15, -0.1) is 0 Å². The number of sulfonamides is 1. The summed E-state index contributed by atoms with van der Waals surface area (Å²) in [5.74, 6) is -0.602. The number of aliphatic hydroxyl groups is 1. The van der Waals surface area contributed by atoms with Gasteiger partial charge in [0.2, 0.25) is 10.0 Å². The fourth-order valence-electron chi connectivity index (χ4n) is 2.88. The Kier molecular flexibility index (Phi) is 3.90. The molecule has 0 radical (unpaired) electrons. The molecule has 0 spiro atoms. The molecule has 0 fully saturated rings. The van der Waals surface area contributed by atoms with Crippen molar-refractivity contribution in [1.29, 1.82) is 0 Å². The first-order valence-electron chi connectivity index (χ1n) is 7.36. The fourth-order valence-corrected chi connectivity index (χ4v) is 4.48. The van der Waals surface area contributed by atoms with E-state index < -0.39 is 21.4 Å². The second-order valence-corrected chi connectivity index (χ2v) is 7.89. The molecule has 0 bridgehead atoms. The van der Waals surface area contributed by atoms with Crippen LogP contribution in [0.25, 0.3) is 0 Å². The van der Waals surface area contributed by atoms with E-state index in [1.807, 2.05) is 0 Å². The molecule has 1 heterocycles. The lowest BCUT2D eigenvalue weighted by Gasteiger charge is -2.38. The minimum absolute atomic E-state index is 0.205. The van der Waals surface area contributed by atoms with E-state index in [0.717, 1.165) is 0 Å². The van der Waals surface area contributed by atoms with Gasteiger partial charge in [0.1, 0.15) is 5.82 Å². The summed E-state index contributed by atoms with van der Waals surface area (Å²) in [6.07, 6.45) is 0.326. The summed E-state index contributed by atoms with van der Waals surface area (Å²) in [6.45, 7) is 1.91. The molecule has 1 unspecified atom stereocenters. The van der Waals surface area contributed by atoms with Gasteiger partial charge in [-0.3, -0.25) is 4.31 Å². The molecular weight excluding hydrogens is 317 g/mol. The summed E-state index contributed by atoms with van der Waals surface area (Å²) in [5, 5.41) is 10.5. The molecule has 6 heteroatoms. The summed E-state index contributed by atoms with van der Waals surface area (Å²) in [4.78, 5) is 0. The van der Waals surface area contributed by atoms with Crippen LogP contribution >= 0.6 is 0 Å². The Bertz CT molecular complexity index is 816. The molecule has 0 saturated heterocycles. The Morgan fingerprint density at radius 1 is 1.17 bits per heavy atom. The molecule has 122 valence electrons. The van der Waals surface area contributed by atoms with Crippen molar-refractivity contribution in [2.45, 2.75) is 24.7 Å². The highest BCUT2D eigenvalue weighted by atomic mass is 32.2. The molecule has 4 nitrogen and oxygen atoms in total. The zero-order valence-electron chi connectivity index (χ0n) is 12.7. The van der Waals surface area contributed by atoms with Crippen LogP contribution in [0.15, 0.2) is 48.5 Å². The van der Waals surface area contributed by atoms with Crippen LogP contribution in [0.2, 0.25) is 0 Å². The van der Waals surface area contributed by atoms with Crippen molar-refractivity contribution in [2.24, 2.45) is 0 Å². The highest BCUT2D eigenvalue weighted by molar-refractivity contribution is 7.92. The van der Waals surface area contributed by atoms with E-state index in [9.17, 15) is 17.9 Å². The van der Waals surface area contributed by atoms with Gasteiger partial charge < -0.3 is 5.11 Å². The maximum atomic E-state index is 13.0. The number of rotatable bonds is 3. The van der Waals surface area contributed by atoms with E-state index in [-0.39, 0.29) is 12.3 Å². The Morgan fingerprint density at radius 3 is 2.52 bits per heavy atom. The van der Waals surface area contributed by atoms with Crippen LogP contribution in [0, 0.1) is 5.82 Å². The van der Waals surface area contributed by atoms with E-state index in [0.29, 0.717) is 23.2 Å². The summed E-state index contributed by atoms with van der Waals surface area (Å²) in [5.41, 5.74) is 0.597. The van der Waals surface area contributed by atoms with Gasteiger partial charge in [0.15, 0.2) is 0 Å². The first-order chi connectivity index (χ1) is 10.8. The molecule has 3 rings (SSSR count). The van der Waals surface area contributed by atoms with Gasteiger partial charge in [0.25, 0.3) is 0 Å². The summed E-state index contributed by atoms with van der Waals surface area (Å²) < 4.78 is 39.8. The van der Waals surface area contributed by atoms with Crippen LogP contribution < -0.4 is 4.31 Å². The molecule has 2 aromatic carbocycles. The zero-order chi connectivity index (χ0) is 16.7. The minimum Gasteiger partial charge on any atom is -0.385 e. The van der Waals surface area contributed by atoms with E-state index in [1.165, 1.54) is 28.6 Å². The number of para-hydroxylation sites is 1. The first-order valence-corrected chi connectivity index (χ1v) is 8.97. The van der Waals surface area contributed by atoms with Crippen molar-refractivity contribution < 1.29 is 17.9 Å². The zero-order valence-corrected chi connectivity index (χ0v) is 13.6. The van der Waals surface area contributed by atoms with Crippen LogP contribution in [0.3, 0.4) is 0 Å². The summed E-state index contributed by atoms with van der Waals surface area (Å²) >= 11 is 0. The normalized spacial score (nSPS) is 21.1. The van der Waals surface area contributed by atoms with Gasteiger partial charge in [0.05, 0.1) is 17.0 Å². The molecule has 0 aliphatic carbocycles. The number of nitrogens with zero attached hydrogens (tertiary/aromatic N) is 1. The number of hydrogen-bond donors (Lipinski definition) is 1.